The summed E-state index contributed by atoms with van der Waals surface area (Å²) in [5.74, 6) is -0.343. The molecule has 2 rings (SSSR count). The zero-order valence-corrected chi connectivity index (χ0v) is 10.7. The van der Waals surface area contributed by atoms with E-state index in [-0.39, 0.29) is 5.82 Å². The summed E-state index contributed by atoms with van der Waals surface area (Å²) < 4.78 is 12.8. The van der Waals surface area contributed by atoms with E-state index in [1.165, 1.54) is 17.8 Å². The lowest BCUT2D eigenvalue weighted by atomic mass is 9.90. The summed E-state index contributed by atoms with van der Waals surface area (Å²) in [7, 11) is 0. The number of benzene rings is 1. The number of nitrogens with zero attached hydrogens (tertiary/aromatic N) is 1. The molecule has 0 aliphatic carbocycles. The molecule has 0 radical (unpaired) electrons. The smallest absolute Gasteiger partial charge is 0.141 e. The van der Waals surface area contributed by atoms with Crippen molar-refractivity contribution >= 4 is 0 Å². The topological polar surface area (TPSA) is 38.9 Å². The van der Waals surface area contributed by atoms with Crippen molar-refractivity contribution < 1.29 is 4.39 Å². The Morgan fingerprint density at radius 2 is 1.83 bits per heavy atom. The minimum Gasteiger partial charge on any atom is -0.320 e. The molecule has 94 valence electrons. The summed E-state index contributed by atoms with van der Waals surface area (Å²) in [4.78, 5) is 4.06. The highest BCUT2D eigenvalue weighted by molar-refractivity contribution is 5.25. The molecule has 2 aromatic rings. The van der Waals surface area contributed by atoms with Crippen molar-refractivity contribution in [2.24, 2.45) is 5.73 Å². The second kappa shape index (κ2) is 4.86. The van der Waals surface area contributed by atoms with Crippen molar-refractivity contribution in [1.29, 1.82) is 0 Å². The fraction of sp³-hybridized carbons (Fsp3) is 0.267. The van der Waals surface area contributed by atoms with E-state index in [4.69, 9.17) is 5.73 Å². The predicted molar refractivity (Wildman–Crippen MR) is 70.6 cm³/mol. The van der Waals surface area contributed by atoms with Gasteiger partial charge in [0.15, 0.2) is 0 Å². The van der Waals surface area contributed by atoms with Gasteiger partial charge in [-0.25, -0.2) is 4.39 Å². The van der Waals surface area contributed by atoms with Crippen LogP contribution >= 0.6 is 0 Å². The number of nitrogens with two attached hydrogens (primary N) is 1. The molecule has 1 heterocycles. The van der Waals surface area contributed by atoms with Crippen LogP contribution in [0.2, 0.25) is 0 Å². The third-order valence-electron chi connectivity index (χ3n) is 3.00. The van der Waals surface area contributed by atoms with E-state index >= 15 is 0 Å². The molecule has 1 aromatic carbocycles. The summed E-state index contributed by atoms with van der Waals surface area (Å²) in [5.41, 5.74) is 8.75. The Kier molecular flexibility index (Phi) is 3.43. The van der Waals surface area contributed by atoms with Crippen molar-refractivity contribution in [2.75, 3.05) is 0 Å². The molecule has 2 N–H and O–H groups in total. The third kappa shape index (κ3) is 2.93. The summed E-state index contributed by atoms with van der Waals surface area (Å²) in [6.07, 6.45) is 1.88. The average molecular weight is 244 g/mol. The van der Waals surface area contributed by atoms with Crippen molar-refractivity contribution in [1.82, 2.24) is 4.98 Å². The number of aromatic nitrogens is 1. The van der Waals surface area contributed by atoms with E-state index in [9.17, 15) is 4.39 Å². The Morgan fingerprint density at radius 3 is 2.39 bits per heavy atom. The quantitative estimate of drug-likeness (QED) is 0.901. The van der Waals surface area contributed by atoms with Gasteiger partial charge >= 0.3 is 0 Å². The third-order valence-corrected chi connectivity index (χ3v) is 3.00. The lowest BCUT2D eigenvalue weighted by Gasteiger charge is -2.24. The van der Waals surface area contributed by atoms with E-state index in [0.717, 1.165) is 5.56 Å². The second-order valence-electron chi connectivity index (χ2n) is 4.94. The largest absolute Gasteiger partial charge is 0.320 e. The van der Waals surface area contributed by atoms with Crippen LogP contribution in [0.15, 0.2) is 42.6 Å². The molecule has 0 saturated carbocycles. The Labute approximate surface area is 107 Å². The Balaban J connectivity index is 2.20. The number of pyridine rings is 1. The highest BCUT2D eigenvalue weighted by atomic mass is 19.1. The normalized spacial score (nSPS) is 14.2. The maximum absolute atomic E-state index is 12.8. The van der Waals surface area contributed by atoms with Gasteiger partial charge in [-0.2, -0.15) is 0 Å². The number of hydrogen-bond acceptors (Lipinski definition) is 2. The molecule has 1 aromatic heterocycles. The summed E-state index contributed by atoms with van der Waals surface area (Å²) >= 11 is 0. The molecule has 0 saturated heterocycles. The molecule has 0 bridgehead atoms. The molecule has 18 heavy (non-hydrogen) atoms. The number of hydrogen-bond donors (Lipinski definition) is 1. The van der Waals surface area contributed by atoms with Gasteiger partial charge in [-0.1, -0.05) is 29.8 Å². The molecule has 3 heteroatoms. The van der Waals surface area contributed by atoms with Gasteiger partial charge in [0.1, 0.15) is 5.82 Å². The van der Waals surface area contributed by atoms with Gasteiger partial charge in [0.05, 0.1) is 17.4 Å². The van der Waals surface area contributed by atoms with Crippen molar-refractivity contribution in [3.8, 4) is 0 Å². The lowest BCUT2D eigenvalue weighted by molar-refractivity contribution is 0.472. The van der Waals surface area contributed by atoms with Gasteiger partial charge in [-0.05, 0) is 38.0 Å². The standard InChI is InChI=1S/C15H17FN2/c1-11-3-5-12(6-4-11)9-15(2,17)14-8-7-13(16)10-18-14/h3-8,10H,9,17H2,1-2H3. The molecule has 1 unspecified atom stereocenters. The minimum absolute atomic E-state index is 0.343. The maximum atomic E-state index is 12.8. The molecule has 2 nitrogen and oxygen atoms in total. The highest BCUT2D eigenvalue weighted by Crippen LogP contribution is 2.21. The van der Waals surface area contributed by atoms with Crippen molar-refractivity contribution in [2.45, 2.75) is 25.8 Å². The molecule has 0 fully saturated rings. The van der Waals surface area contributed by atoms with Crippen LogP contribution in [-0.4, -0.2) is 4.98 Å². The Hall–Kier alpha value is -1.74. The van der Waals surface area contributed by atoms with E-state index in [1.54, 1.807) is 6.07 Å². The predicted octanol–water partition coefficient (Wildman–Crippen LogP) is 2.95. The van der Waals surface area contributed by atoms with Crippen molar-refractivity contribution in [3.05, 3.63) is 65.2 Å². The first-order valence-corrected chi connectivity index (χ1v) is 5.94. The summed E-state index contributed by atoms with van der Waals surface area (Å²) in [6.45, 7) is 3.96. The number of halogens is 1. The highest BCUT2D eigenvalue weighted by Gasteiger charge is 2.23. The SMILES string of the molecule is Cc1ccc(CC(C)(N)c2ccc(F)cn2)cc1. The van der Waals surface area contributed by atoms with Crippen LogP contribution in [0.1, 0.15) is 23.7 Å². The van der Waals surface area contributed by atoms with Crippen LogP contribution in [0.25, 0.3) is 0 Å². The van der Waals surface area contributed by atoms with Gasteiger partial charge in [0.25, 0.3) is 0 Å². The fourth-order valence-corrected chi connectivity index (χ4v) is 1.93. The first-order chi connectivity index (χ1) is 8.47. The van der Waals surface area contributed by atoms with E-state index in [2.05, 4.69) is 29.2 Å². The molecule has 0 spiro atoms. The Bertz CT molecular complexity index is 515. The summed E-state index contributed by atoms with van der Waals surface area (Å²) in [6, 6.07) is 11.3. The summed E-state index contributed by atoms with van der Waals surface area (Å²) in [5, 5.41) is 0. The zero-order chi connectivity index (χ0) is 13.2. The van der Waals surface area contributed by atoms with E-state index in [1.807, 2.05) is 13.8 Å². The number of aryl methyl sites for hydroxylation is 1. The first-order valence-electron chi connectivity index (χ1n) is 5.94. The molecule has 0 aliphatic rings. The van der Waals surface area contributed by atoms with Gasteiger partial charge in [0.2, 0.25) is 0 Å². The van der Waals surface area contributed by atoms with Gasteiger partial charge in [-0.3, -0.25) is 4.98 Å². The van der Waals surface area contributed by atoms with Crippen LogP contribution in [0.5, 0.6) is 0 Å². The van der Waals surface area contributed by atoms with Gasteiger partial charge in [0, 0.05) is 0 Å². The van der Waals surface area contributed by atoms with Crippen LogP contribution < -0.4 is 5.73 Å². The molecule has 1 atom stereocenters. The van der Waals surface area contributed by atoms with Crippen LogP contribution in [0.3, 0.4) is 0 Å². The first kappa shape index (κ1) is 12.7. The van der Waals surface area contributed by atoms with E-state index < -0.39 is 5.54 Å². The van der Waals surface area contributed by atoms with Crippen LogP contribution in [-0.2, 0) is 12.0 Å². The maximum Gasteiger partial charge on any atom is 0.141 e. The van der Waals surface area contributed by atoms with Gasteiger partial charge in [-0.15, -0.1) is 0 Å². The van der Waals surface area contributed by atoms with Crippen molar-refractivity contribution in [3.63, 3.8) is 0 Å². The number of rotatable bonds is 3. The minimum atomic E-state index is -0.594. The molecule has 0 aliphatic heterocycles. The fourth-order valence-electron chi connectivity index (χ4n) is 1.93. The molecular weight excluding hydrogens is 227 g/mol. The van der Waals surface area contributed by atoms with Gasteiger partial charge < -0.3 is 5.73 Å². The van der Waals surface area contributed by atoms with E-state index in [0.29, 0.717) is 12.1 Å². The second-order valence-corrected chi connectivity index (χ2v) is 4.94. The van der Waals surface area contributed by atoms with Crippen LogP contribution in [0, 0.1) is 12.7 Å². The average Bonchev–Trinajstić information content (AvgIpc) is 2.32. The lowest BCUT2D eigenvalue weighted by Crippen LogP contribution is -2.36. The zero-order valence-electron chi connectivity index (χ0n) is 10.7. The molecule has 0 amide bonds. The molecular formula is C15H17FN2. The monoisotopic (exact) mass is 244 g/mol. The van der Waals surface area contributed by atoms with Crippen LogP contribution in [0.4, 0.5) is 4.39 Å². The Morgan fingerprint density at radius 1 is 1.17 bits per heavy atom.